The number of halogens is 1. The summed E-state index contributed by atoms with van der Waals surface area (Å²) in [7, 11) is 1.62. The number of rotatable bonds is 8. The van der Waals surface area contributed by atoms with Gasteiger partial charge in [0.1, 0.15) is 10.6 Å². The van der Waals surface area contributed by atoms with Gasteiger partial charge in [0, 0.05) is 16.6 Å². The number of carbonyl (C=O) groups is 1. The first-order chi connectivity index (χ1) is 11.1. The monoisotopic (exact) mass is 354 g/mol. The summed E-state index contributed by atoms with van der Waals surface area (Å²) in [5.41, 5.74) is 0. The normalized spacial score (nSPS) is 11.2. The minimum Gasteiger partial charge on any atom is -0.497 e. The van der Waals surface area contributed by atoms with Crippen molar-refractivity contribution in [3.63, 3.8) is 0 Å². The maximum atomic E-state index is 12.3. The van der Waals surface area contributed by atoms with Crippen LogP contribution in [0, 0.1) is 0 Å². The summed E-state index contributed by atoms with van der Waals surface area (Å²) in [6.45, 7) is 8.01. The number of hydrogen-bond acceptors (Lipinski definition) is 4. The summed E-state index contributed by atoms with van der Waals surface area (Å²) in [4.78, 5) is 15.2. The van der Waals surface area contributed by atoms with Gasteiger partial charge < -0.3 is 15.0 Å². The smallest absolute Gasteiger partial charge is 0.262 e. The maximum absolute atomic E-state index is 12.3. The second-order valence-corrected chi connectivity index (χ2v) is 6.67. The summed E-state index contributed by atoms with van der Waals surface area (Å²) in [5, 5.41) is 4.33. The van der Waals surface area contributed by atoms with Gasteiger partial charge in [-0.15, -0.1) is 11.3 Å². The van der Waals surface area contributed by atoms with Gasteiger partial charge in [0.05, 0.1) is 12.1 Å². The number of benzene rings is 1. The highest BCUT2D eigenvalue weighted by molar-refractivity contribution is 7.21. The molecule has 0 atom stereocenters. The van der Waals surface area contributed by atoms with Crippen LogP contribution in [0.4, 0.5) is 0 Å². The fourth-order valence-corrected chi connectivity index (χ4v) is 3.85. The standard InChI is InChI=1S/C17H23ClN2O2S/c1-4-20(5-2)10-6-9-19-17(21)16-15(18)13-11-12(22-3)7-8-14(13)23-16/h7-8,11H,4-6,9-10H2,1-3H3,(H,19,21). The molecule has 1 aromatic carbocycles. The zero-order chi connectivity index (χ0) is 16.8. The van der Waals surface area contributed by atoms with Gasteiger partial charge >= 0.3 is 0 Å². The Bertz CT molecular complexity index is 668. The Morgan fingerprint density at radius 3 is 2.74 bits per heavy atom. The number of nitrogens with zero attached hydrogens (tertiary/aromatic N) is 1. The molecule has 1 N–H and O–H groups in total. The lowest BCUT2D eigenvalue weighted by atomic mass is 10.2. The van der Waals surface area contributed by atoms with Crippen molar-refractivity contribution in [2.24, 2.45) is 0 Å². The van der Waals surface area contributed by atoms with E-state index in [-0.39, 0.29) is 5.91 Å². The Morgan fingerprint density at radius 1 is 1.35 bits per heavy atom. The first kappa shape index (κ1) is 18.0. The van der Waals surface area contributed by atoms with Crippen molar-refractivity contribution in [1.29, 1.82) is 0 Å². The predicted octanol–water partition coefficient (Wildman–Crippen LogP) is 4.03. The molecule has 0 unspecified atom stereocenters. The largest absolute Gasteiger partial charge is 0.497 e. The van der Waals surface area contributed by atoms with Crippen LogP contribution >= 0.6 is 22.9 Å². The van der Waals surface area contributed by atoms with Crippen molar-refractivity contribution < 1.29 is 9.53 Å². The quantitative estimate of drug-likeness (QED) is 0.728. The van der Waals surface area contributed by atoms with E-state index >= 15 is 0 Å². The molecule has 1 amide bonds. The number of methoxy groups -OCH3 is 1. The Kier molecular flexibility index (Phi) is 6.69. The minimum atomic E-state index is -0.102. The van der Waals surface area contributed by atoms with Crippen LogP contribution < -0.4 is 10.1 Å². The maximum Gasteiger partial charge on any atom is 0.262 e. The molecule has 2 aromatic rings. The van der Waals surface area contributed by atoms with Crippen molar-refractivity contribution in [3.05, 3.63) is 28.1 Å². The van der Waals surface area contributed by atoms with Crippen LogP contribution in [0.5, 0.6) is 5.75 Å². The topological polar surface area (TPSA) is 41.6 Å². The molecule has 0 aliphatic rings. The van der Waals surface area contributed by atoms with Gasteiger partial charge in [0.15, 0.2) is 0 Å². The van der Waals surface area contributed by atoms with E-state index in [1.165, 1.54) is 11.3 Å². The Hall–Kier alpha value is -1.30. The molecular formula is C17H23ClN2O2S. The van der Waals surface area contributed by atoms with Gasteiger partial charge in [-0.05, 0) is 44.3 Å². The minimum absolute atomic E-state index is 0.102. The number of hydrogen-bond donors (Lipinski definition) is 1. The van der Waals surface area contributed by atoms with Crippen molar-refractivity contribution in [3.8, 4) is 5.75 Å². The summed E-state index contributed by atoms with van der Waals surface area (Å²) in [5.74, 6) is 0.637. The average molecular weight is 355 g/mol. The van der Waals surface area contributed by atoms with Crippen molar-refractivity contribution in [1.82, 2.24) is 10.2 Å². The second kappa shape index (κ2) is 8.52. The molecule has 126 valence electrons. The molecule has 0 saturated heterocycles. The zero-order valence-electron chi connectivity index (χ0n) is 13.8. The molecule has 1 heterocycles. The van der Waals surface area contributed by atoms with Crippen molar-refractivity contribution >= 4 is 38.9 Å². The molecule has 0 saturated carbocycles. The number of carbonyl (C=O) groups excluding carboxylic acids is 1. The molecule has 0 fully saturated rings. The van der Waals surface area contributed by atoms with Crippen LogP contribution in [0.15, 0.2) is 18.2 Å². The summed E-state index contributed by atoms with van der Waals surface area (Å²) in [6, 6.07) is 5.67. The molecule has 23 heavy (non-hydrogen) atoms. The van der Waals surface area contributed by atoms with E-state index in [9.17, 15) is 4.79 Å². The Balaban J connectivity index is 1.99. The molecule has 0 aliphatic heterocycles. The highest BCUT2D eigenvalue weighted by Crippen LogP contribution is 2.37. The molecule has 4 nitrogen and oxygen atoms in total. The van der Waals surface area contributed by atoms with Crippen LogP contribution in [-0.4, -0.2) is 44.1 Å². The Labute approximate surface area is 146 Å². The molecule has 0 aliphatic carbocycles. The van der Waals surface area contributed by atoms with Crippen molar-refractivity contribution in [2.75, 3.05) is 33.3 Å². The van der Waals surface area contributed by atoms with E-state index in [0.29, 0.717) is 16.4 Å². The lowest BCUT2D eigenvalue weighted by Gasteiger charge is -2.17. The molecule has 6 heteroatoms. The van der Waals surface area contributed by atoms with Gasteiger partial charge in [-0.1, -0.05) is 25.4 Å². The summed E-state index contributed by atoms with van der Waals surface area (Å²) >= 11 is 7.79. The van der Waals surface area contributed by atoms with Gasteiger partial charge in [-0.3, -0.25) is 4.79 Å². The highest BCUT2D eigenvalue weighted by Gasteiger charge is 2.17. The summed E-state index contributed by atoms with van der Waals surface area (Å²) in [6.07, 6.45) is 0.934. The molecule has 0 spiro atoms. The van der Waals surface area contributed by atoms with Crippen molar-refractivity contribution in [2.45, 2.75) is 20.3 Å². The fraction of sp³-hybridized carbons (Fsp3) is 0.471. The summed E-state index contributed by atoms with van der Waals surface area (Å²) < 4.78 is 6.20. The van der Waals surface area contributed by atoms with E-state index < -0.39 is 0 Å². The molecule has 2 rings (SSSR count). The third-order valence-electron chi connectivity index (χ3n) is 3.87. The van der Waals surface area contributed by atoms with E-state index in [0.717, 1.165) is 41.9 Å². The van der Waals surface area contributed by atoms with Crippen LogP contribution in [0.1, 0.15) is 29.9 Å². The second-order valence-electron chi connectivity index (χ2n) is 5.24. The van der Waals surface area contributed by atoms with E-state index in [1.54, 1.807) is 7.11 Å². The zero-order valence-corrected chi connectivity index (χ0v) is 15.4. The number of fused-ring (bicyclic) bond motifs is 1. The number of nitrogens with one attached hydrogen (secondary N) is 1. The molecule has 0 radical (unpaired) electrons. The first-order valence-electron chi connectivity index (χ1n) is 7.87. The predicted molar refractivity (Wildman–Crippen MR) is 98.1 cm³/mol. The van der Waals surface area contributed by atoms with Gasteiger partial charge in [0.25, 0.3) is 5.91 Å². The van der Waals surface area contributed by atoms with Crippen LogP contribution in [0.2, 0.25) is 5.02 Å². The van der Waals surface area contributed by atoms with Gasteiger partial charge in [-0.2, -0.15) is 0 Å². The fourth-order valence-electron chi connectivity index (χ4n) is 2.44. The Morgan fingerprint density at radius 2 is 2.09 bits per heavy atom. The van der Waals surface area contributed by atoms with Crippen LogP contribution in [0.25, 0.3) is 10.1 Å². The van der Waals surface area contributed by atoms with Crippen LogP contribution in [-0.2, 0) is 0 Å². The SMILES string of the molecule is CCN(CC)CCCNC(=O)c1sc2ccc(OC)cc2c1Cl. The number of ether oxygens (including phenoxy) is 1. The van der Waals surface area contributed by atoms with Crippen LogP contribution in [0.3, 0.4) is 0 Å². The van der Waals surface area contributed by atoms with Gasteiger partial charge in [-0.25, -0.2) is 0 Å². The van der Waals surface area contributed by atoms with E-state index in [2.05, 4.69) is 24.1 Å². The first-order valence-corrected chi connectivity index (χ1v) is 9.06. The third kappa shape index (κ3) is 4.37. The highest BCUT2D eigenvalue weighted by atomic mass is 35.5. The van der Waals surface area contributed by atoms with E-state index in [4.69, 9.17) is 16.3 Å². The lowest BCUT2D eigenvalue weighted by Crippen LogP contribution is -2.29. The molecule has 0 bridgehead atoms. The number of amides is 1. The third-order valence-corrected chi connectivity index (χ3v) is 5.55. The van der Waals surface area contributed by atoms with Gasteiger partial charge in [0.2, 0.25) is 0 Å². The number of thiophene rings is 1. The molecular weight excluding hydrogens is 332 g/mol. The average Bonchev–Trinajstić information content (AvgIpc) is 2.91. The molecule has 1 aromatic heterocycles. The van der Waals surface area contributed by atoms with E-state index in [1.807, 2.05) is 18.2 Å². The lowest BCUT2D eigenvalue weighted by molar-refractivity contribution is 0.0956.